The van der Waals surface area contributed by atoms with E-state index in [2.05, 4.69) is 48.9 Å². The van der Waals surface area contributed by atoms with Crippen molar-refractivity contribution in [2.24, 2.45) is 5.41 Å². The third-order valence-electron chi connectivity index (χ3n) is 4.51. The number of hydrogen-bond donors (Lipinski definition) is 1. The Morgan fingerprint density at radius 2 is 2.11 bits per heavy atom. The molecule has 0 aliphatic heterocycles. The predicted octanol–water partition coefficient (Wildman–Crippen LogP) is 3.18. The Hall–Kier alpha value is -0.830. The lowest BCUT2D eigenvalue weighted by Crippen LogP contribution is -2.39. The van der Waals surface area contributed by atoms with E-state index in [9.17, 15) is 0 Å². The van der Waals surface area contributed by atoms with E-state index in [-0.39, 0.29) is 0 Å². The van der Waals surface area contributed by atoms with Crippen molar-refractivity contribution in [3.8, 4) is 0 Å². The van der Waals surface area contributed by atoms with Crippen LogP contribution in [0.3, 0.4) is 0 Å². The third kappa shape index (κ3) is 3.38. The Bertz CT molecular complexity index is 404. The minimum atomic E-state index is 0.518. The molecule has 1 aliphatic carbocycles. The van der Waals surface area contributed by atoms with Crippen LogP contribution in [0.1, 0.15) is 58.3 Å². The van der Waals surface area contributed by atoms with Crippen molar-refractivity contribution in [1.29, 1.82) is 0 Å². The van der Waals surface area contributed by atoms with Gasteiger partial charge in [-0.15, -0.1) is 0 Å². The highest BCUT2D eigenvalue weighted by Crippen LogP contribution is 2.49. The van der Waals surface area contributed by atoms with Gasteiger partial charge < -0.3 is 5.32 Å². The molecule has 0 saturated heterocycles. The molecule has 19 heavy (non-hydrogen) atoms. The first-order valence-corrected chi connectivity index (χ1v) is 7.92. The molecule has 1 heterocycles. The minimum Gasteiger partial charge on any atom is -0.313 e. The van der Waals surface area contributed by atoms with E-state index < -0.39 is 0 Å². The molecule has 0 radical (unpaired) electrons. The van der Waals surface area contributed by atoms with Gasteiger partial charge >= 0.3 is 0 Å². The van der Waals surface area contributed by atoms with E-state index in [0.29, 0.717) is 11.5 Å². The number of hydrogen-bond acceptors (Lipinski definition) is 2. The molecule has 0 bridgehead atoms. The van der Waals surface area contributed by atoms with E-state index >= 15 is 0 Å². The van der Waals surface area contributed by atoms with Gasteiger partial charge in [0.25, 0.3) is 0 Å². The van der Waals surface area contributed by atoms with E-state index in [0.717, 1.165) is 25.9 Å². The van der Waals surface area contributed by atoms with Gasteiger partial charge in [-0.3, -0.25) is 4.68 Å². The van der Waals surface area contributed by atoms with Crippen molar-refractivity contribution in [3.63, 3.8) is 0 Å². The summed E-state index contributed by atoms with van der Waals surface area (Å²) in [6, 6.07) is 2.91. The van der Waals surface area contributed by atoms with Gasteiger partial charge in [-0.05, 0) is 50.6 Å². The third-order valence-corrected chi connectivity index (χ3v) is 4.51. The normalized spacial score (nSPS) is 18.5. The molecule has 1 N–H and O–H groups in total. The molecule has 1 atom stereocenters. The van der Waals surface area contributed by atoms with Crippen molar-refractivity contribution in [2.45, 2.75) is 72.4 Å². The maximum absolute atomic E-state index is 4.67. The molecule has 2 rings (SSSR count). The van der Waals surface area contributed by atoms with E-state index in [1.807, 2.05) is 0 Å². The van der Waals surface area contributed by atoms with Crippen LogP contribution in [0.4, 0.5) is 0 Å². The highest BCUT2D eigenvalue weighted by Gasteiger charge is 2.44. The largest absolute Gasteiger partial charge is 0.313 e. The van der Waals surface area contributed by atoms with Crippen molar-refractivity contribution in [1.82, 2.24) is 15.1 Å². The van der Waals surface area contributed by atoms with Crippen LogP contribution >= 0.6 is 0 Å². The Morgan fingerprint density at radius 1 is 1.37 bits per heavy atom. The fourth-order valence-corrected chi connectivity index (χ4v) is 2.76. The SMILES string of the molecule is CCCNC(Cc1cc(CC)nn1CC)C1(C)CC1. The number of rotatable bonds is 8. The molecule has 1 fully saturated rings. The van der Waals surface area contributed by atoms with Crippen LogP contribution < -0.4 is 5.32 Å². The zero-order valence-corrected chi connectivity index (χ0v) is 13.0. The summed E-state index contributed by atoms with van der Waals surface area (Å²) in [6.07, 6.45) is 6.10. The van der Waals surface area contributed by atoms with Gasteiger partial charge in [0.1, 0.15) is 0 Å². The van der Waals surface area contributed by atoms with Crippen molar-refractivity contribution >= 4 is 0 Å². The Kier molecular flexibility index (Phi) is 4.67. The summed E-state index contributed by atoms with van der Waals surface area (Å²) in [4.78, 5) is 0. The van der Waals surface area contributed by atoms with Crippen molar-refractivity contribution in [3.05, 3.63) is 17.5 Å². The van der Waals surface area contributed by atoms with Gasteiger partial charge in [0, 0.05) is 24.7 Å². The van der Waals surface area contributed by atoms with Crippen LogP contribution in [0.25, 0.3) is 0 Å². The lowest BCUT2D eigenvalue weighted by Gasteiger charge is -2.25. The standard InChI is InChI=1S/C16H29N3/c1-5-10-17-15(16(4)8-9-16)12-14-11-13(6-2)18-19(14)7-3/h11,15,17H,5-10,12H2,1-4H3. The Labute approximate surface area is 117 Å². The molecule has 0 aromatic carbocycles. The molecule has 1 saturated carbocycles. The molecule has 1 aromatic heterocycles. The molecule has 3 heteroatoms. The first-order chi connectivity index (χ1) is 9.12. The average molecular weight is 263 g/mol. The zero-order valence-electron chi connectivity index (χ0n) is 13.0. The maximum Gasteiger partial charge on any atom is 0.0624 e. The fourth-order valence-electron chi connectivity index (χ4n) is 2.76. The first kappa shape index (κ1) is 14.6. The van der Waals surface area contributed by atoms with Crippen LogP contribution in [0.15, 0.2) is 6.07 Å². The predicted molar refractivity (Wildman–Crippen MR) is 80.4 cm³/mol. The zero-order chi connectivity index (χ0) is 13.9. The summed E-state index contributed by atoms with van der Waals surface area (Å²) in [6.45, 7) is 11.1. The molecular weight excluding hydrogens is 234 g/mol. The average Bonchev–Trinajstić information content (AvgIpc) is 3.04. The van der Waals surface area contributed by atoms with Crippen LogP contribution in [0, 0.1) is 5.41 Å². The second-order valence-electron chi connectivity index (χ2n) is 6.16. The van der Waals surface area contributed by atoms with Crippen LogP contribution in [0.2, 0.25) is 0 Å². The number of aromatic nitrogens is 2. The van der Waals surface area contributed by atoms with Crippen LogP contribution in [-0.2, 0) is 19.4 Å². The monoisotopic (exact) mass is 263 g/mol. The summed E-state index contributed by atoms with van der Waals surface area (Å²) in [5.41, 5.74) is 3.15. The second kappa shape index (κ2) is 6.08. The van der Waals surface area contributed by atoms with Gasteiger partial charge in [0.15, 0.2) is 0 Å². The highest BCUT2D eigenvalue weighted by molar-refractivity contribution is 5.14. The second-order valence-corrected chi connectivity index (χ2v) is 6.16. The minimum absolute atomic E-state index is 0.518. The molecular formula is C16H29N3. The quantitative estimate of drug-likeness (QED) is 0.780. The summed E-state index contributed by atoms with van der Waals surface area (Å²) in [7, 11) is 0. The molecule has 3 nitrogen and oxygen atoms in total. The Morgan fingerprint density at radius 3 is 2.63 bits per heavy atom. The van der Waals surface area contributed by atoms with E-state index in [1.54, 1.807) is 0 Å². The van der Waals surface area contributed by atoms with Crippen LogP contribution in [-0.4, -0.2) is 22.4 Å². The van der Waals surface area contributed by atoms with Crippen molar-refractivity contribution < 1.29 is 0 Å². The molecule has 1 aromatic rings. The number of nitrogens with zero attached hydrogens (tertiary/aromatic N) is 2. The Balaban J connectivity index is 2.09. The molecule has 0 amide bonds. The van der Waals surface area contributed by atoms with Crippen LogP contribution in [0.5, 0.6) is 0 Å². The van der Waals surface area contributed by atoms with Gasteiger partial charge in [0.2, 0.25) is 0 Å². The summed E-state index contributed by atoms with van der Waals surface area (Å²) >= 11 is 0. The number of nitrogens with one attached hydrogen (secondary N) is 1. The van der Waals surface area contributed by atoms with Gasteiger partial charge in [-0.25, -0.2) is 0 Å². The summed E-state index contributed by atoms with van der Waals surface area (Å²) < 4.78 is 2.19. The highest BCUT2D eigenvalue weighted by atomic mass is 15.3. The van der Waals surface area contributed by atoms with E-state index in [4.69, 9.17) is 0 Å². The van der Waals surface area contributed by atoms with Gasteiger partial charge in [-0.1, -0.05) is 20.8 Å². The topological polar surface area (TPSA) is 29.9 Å². The molecule has 108 valence electrons. The maximum atomic E-state index is 4.67. The lowest BCUT2D eigenvalue weighted by atomic mass is 9.94. The molecule has 1 unspecified atom stereocenters. The molecule has 0 spiro atoms. The van der Waals surface area contributed by atoms with Crippen molar-refractivity contribution in [2.75, 3.05) is 6.54 Å². The van der Waals surface area contributed by atoms with Gasteiger partial charge in [-0.2, -0.15) is 5.10 Å². The first-order valence-electron chi connectivity index (χ1n) is 7.92. The van der Waals surface area contributed by atoms with E-state index in [1.165, 1.54) is 30.7 Å². The summed E-state index contributed by atoms with van der Waals surface area (Å²) in [5.74, 6) is 0. The fraction of sp³-hybridized carbons (Fsp3) is 0.812. The number of aryl methyl sites for hydroxylation is 2. The van der Waals surface area contributed by atoms with Gasteiger partial charge in [0.05, 0.1) is 5.69 Å². The summed E-state index contributed by atoms with van der Waals surface area (Å²) in [5, 5.41) is 8.43. The lowest BCUT2D eigenvalue weighted by molar-refractivity contribution is 0.347. The molecule has 1 aliphatic rings. The smallest absolute Gasteiger partial charge is 0.0624 e.